The number of carbonyl (C=O) groups is 1. The van der Waals surface area contributed by atoms with Gasteiger partial charge in [0.25, 0.3) is 0 Å². The molecular weight excluding hydrogens is 262 g/mol. The molecule has 1 amide bonds. The molecule has 0 aliphatic carbocycles. The fourth-order valence-corrected chi connectivity index (χ4v) is 3.03. The monoisotopic (exact) mass is 285 g/mol. The van der Waals surface area contributed by atoms with Crippen molar-refractivity contribution in [1.29, 1.82) is 5.26 Å². The van der Waals surface area contributed by atoms with E-state index in [2.05, 4.69) is 23.6 Å². The average molecular weight is 285 g/mol. The van der Waals surface area contributed by atoms with Crippen molar-refractivity contribution in [3.63, 3.8) is 0 Å². The molecule has 1 aromatic carbocycles. The highest BCUT2D eigenvalue weighted by molar-refractivity contribution is 5.95. The van der Waals surface area contributed by atoms with Gasteiger partial charge < -0.3 is 10.6 Å². The fourth-order valence-electron chi connectivity index (χ4n) is 3.03. The second-order valence-corrected chi connectivity index (χ2v) is 5.80. The topological polar surface area (TPSA) is 64.9 Å². The van der Waals surface area contributed by atoms with E-state index in [4.69, 9.17) is 5.26 Å². The molecule has 1 unspecified atom stereocenters. The zero-order valence-electron chi connectivity index (χ0n) is 12.6. The maximum Gasteiger partial charge on any atom is 0.231 e. The van der Waals surface area contributed by atoms with Crippen molar-refractivity contribution in [1.82, 2.24) is 5.32 Å². The number of carbonyl (C=O) groups excluding carboxylic acids is 1. The van der Waals surface area contributed by atoms with Crippen molar-refractivity contribution >= 4 is 11.6 Å². The average Bonchev–Trinajstić information content (AvgIpc) is 2.51. The minimum atomic E-state index is -0.279. The van der Waals surface area contributed by atoms with E-state index in [1.54, 1.807) is 0 Å². The Morgan fingerprint density at radius 2 is 2.19 bits per heavy atom. The summed E-state index contributed by atoms with van der Waals surface area (Å²) in [7, 11) is 0. The predicted octanol–water partition coefficient (Wildman–Crippen LogP) is 2.86. The Labute approximate surface area is 126 Å². The summed E-state index contributed by atoms with van der Waals surface area (Å²) in [6, 6.07) is 9.66. The minimum Gasteiger partial charge on any atom is -0.326 e. The van der Waals surface area contributed by atoms with Crippen LogP contribution in [0.2, 0.25) is 0 Å². The van der Waals surface area contributed by atoms with Gasteiger partial charge in [0.2, 0.25) is 5.91 Å². The number of hydrogen-bond donors (Lipinski definition) is 2. The van der Waals surface area contributed by atoms with Crippen molar-refractivity contribution in [2.24, 2.45) is 5.41 Å². The molecule has 4 nitrogen and oxygen atoms in total. The molecule has 1 fully saturated rings. The van der Waals surface area contributed by atoms with Crippen LogP contribution < -0.4 is 10.6 Å². The van der Waals surface area contributed by atoms with Crippen LogP contribution in [0, 0.1) is 16.7 Å². The Balaban J connectivity index is 2.06. The van der Waals surface area contributed by atoms with E-state index >= 15 is 0 Å². The number of rotatable bonds is 5. The van der Waals surface area contributed by atoms with Crippen molar-refractivity contribution in [2.75, 3.05) is 18.4 Å². The van der Waals surface area contributed by atoms with Gasteiger partial charge in [0.1, 0.15) is 0 Å². The Kier molecular flexibility index (Phi) is 5.35. The number of piperidine rings is 1. The Hall–Kier alpha value is -1.86. The van der Waals surface area contributed by atoms with Crippen LogP contribution >= 0.6 is 0 Å². The largest absolute Gasteiger partial charge is 0.326 e. The second kappa shape index (κ2) is 7.24. The van der Waals surface area contributed by atoms with Crippen LogP contribution in [-0.2, 0) is 11.2 Å². The lowest BCUT2D eigenvalue weighted by Gasteiger charge is -2.36. The second-order valence-electron chi connectivity index (χ2n) is 5.80. The Morgan fingerprint density at radius 3 is 2.76 bits per heavy atom. The molecule has 1 atom stereocenters. The Morgan fingerprint density at radius 1 is 1.43 bits per heavy atom. The molecule has 1 saturated heterocycles. The molecule has 112 valence electrons. The highest BCUT2D eigenvalue weighted by Gasteiger charge is 2.38. The van der Waals surface area contributed by atoms with Gasteiger partial charge in [-0.05, 0) is 43.5 Å². The van der Waals surface area contributed by atoms with Gasteiger partial charge in [-0.3, -0.25) is 4.79 Å². The van der Waals surface area contributed by atoms with Crippen molar-refractivity contribution < 1.29 is 4.79 Å². The summed E-state index contributed by atoms with van der Waals surface area (Å²) < 4.78 is 0. The molecule has 0 aromatic heterocycles. The zero-order valence-corrected chi connectivity index (χ0v) is 12.6. The first-order chi connectivity index (χ1) is 10.2. The van der Waals surface area contributed by atoms with E-state index in [-0.39, 0.29) is 11.3 Å². The van der Waals surface area contributed by atoms with E-state index in [1.165, 1.54) is 0 Å². The number of nitrogens with zero attached hydrogens (tertiary/aromatic N) is 1. The molecule has 4 heteroatoms. The van der Waals surface area contributed by atoms with Crippen molar-refractivity contribution in [3.05, 3.63) is 29.8 Å². The van der Waals surface area contributed by atoms with Gasteiger partial charge in [0.15, 0.2) is 0 Å². The third-order valence-electron chi connectivity index (χ3n) is 4.18. The number of amides is 1. The van der Waals surface area contributed by atoms with Gasteiger partial charge >= 0.3 is 0 Å². The standard InChI is InChI=1S/C17H23N3O/c1-2-9-17(10-3-12-19-13-17)16(21)20-15-6-4-14(5-7-15)8-11-18/h4-7,19H,2-3,8-10,12-13H2,1H3,(H,20,21). The quantitative estimate of drug-likeness (QED) is 0.874. The number of nitrogens with one attached hydrogen (secondary N) is 2. The number of nitriles is 1. The van der Waals surface area contributed by atoms with Crippen LogP contribution in [0.3, 0.4) is 0 Å². The maximum atomic E-state index is 12.7. The van der Waals surface area contributed by atoms with E-state index in [9.17, 15) is 4.79 Å². The fraction of sp³-hybridized carbons (Fsp3) is 0.529. The summed E-state index contributed by atoms with van der Waals surface area (Å²) in [5.41, 5.74) is 1.50. The first kappa shape index (κ1) is 15.5. The molecule has 1 heterocycles. The highest BCUT2D eigenvalue weighted by Crippen LogP contribution is 2.33. The van der Waals surface area contributed by atoms with E-state index in [0.29, 0.717) is 6.42 Å². The number of anilines is 1. The van der Waals surface area contributed by atoms with Gasteiger partial charge in [-0.1, -0.05) is 25.5 Å². The van der Waals surface area contributed by atoms with Gasteiger partial charge in [-0.25, -0.2) is 0 Å². The van der Waals surface area contributed by atoms with Crippen LogP contribution in [0.25, 0.3) is 0 Å². The van der Waals surface area contributed by atoms with E-state index < -0.39 is 0 Å². The summed E-state index contributed by atoms with van der Waals surface area (Å²) in [6.07, 6.45) is 4.33. The normalized spacial score (nSPS) is 21.5. The van der Waals surface area contributed by atoms with Crippen molar-refractivity contribution in [2.45, 2.75) is 39.0 Å². The molecule has 0 radical (unpaired) electrons. The van der Waals surface area contributed by atoms with Gasteiger partial charge in [0, 0.05) is 12.2 Å². The lowest BCUT2D eigenvalue weighted by Crippen LogP contribution is -2.48. The summed E-state index contributed by atoms with van der Waals surface area (Å²) in [4.78, 5) is 12.7. The van der Waals surface area contributed by atoms with Crippen molar-refractivity contribution in [3.8, 4) is 6.07 Å². The molecule has 0 bridgehead atoms. The van der Waals surface area contributed by atoms with E-state index in [0.717, 1.165) is 50.0 Å². The summed E-state index contributed by atoms with van der Waals surface area (Å²) in [5.74, 6) is 0.115. The highest BCUT2D eigenvalue weighted by atomic mass is 16.2. The summed E-state index contributed by atoms with van der Waals surface area (Å²) >= 11 is 0. The predicted molar refractivity (Wildman–Crippen MR) is 83.8 cm³/mol. The third-order valence-corrected chi connectivity index (χ3v) is 4.18. The third kappa shape index (κ3) is 3.83. The molecule has 1 aromatic rings. The van der Waals surface area contributed by atoms with Gasteiger partial charge in [-0.2, -0.15) is 5.26 Å². The first-order valence-corrected chi connectivity index (χ1v) is 7.68. The van der Waals surface area contributed by atoms with Crippen LogP contribution in [0.15, 0.2) is 24.3 Å². The van der Waals surface area contributed by atoms with Crippen LogP contribution in [0.5, 0.6) is 0 Å². The lowest BCUT2D eigenvalue weighted by atomic mass is 9.76. The molecule has 0 spiro atoms. The molecule has 1 aliphatic rings. The first-order valence-electron chi connectivity index (χ1n) is 7.68. The van der Waals surface area contributed by atoms with Crippen LogP contribution in [-0.4, -0.2) is 19.0 Å². The molecule has 1 aliphatic heterocycles. The molecule has 0 saturated carbocycles. The SMILES string of the molecule is CCCC1(C(=O)Nc2ccc(CC#N)cc2)CCCNC1. The Bertz CT molecular complexity index is 504. The zero-order chi connectivity index (χ0) is 15.1. The minimum absolute atomic E-state index is 0.115. The summed E-state index contributed by atoms with van der Waals surface area (Å²) in [6.45, 7) is 3.89. The maximum absolute atomic E-state index is 12.7. The number of hydrogen-bond acceptors (Lipinski definition) is 3. The molecule has 21 heavy (non-hydrogen) atoms. The lowest BCUT2D eigenvalue weighted by molar-refractivity contribution is -0.127. The van der Waals surface area contributed by atoms with Crippen LogP contribution in [0.1, 0.15) is 38.2 Å². The molecule has 2 N–H and O–H groups in total. The molecule has 2 rings (SSSR count). The molecular formula is C17H23N3O. The van der Waals surface area contributed by atoms with Gasteiger partial charge in [-0.15, -0.1) is 0 Å². The number of benzene rings is 1. The van der Waals surface area contributed by atoms with Gasteiger partial charge in [0.05, 0.1) is 17.9 Å². The van der Waals surface area contributed by atoms with Crippen LogP contribution in [0.4, 0.5) is 5.69 Å². The van der Waals surface area contributed by atoms with E-state index in [1.807, 2.05) is 24.3 Å². The smallest absolute Gasteiger partial charge is 0.231 e. The summed E-state index contributed by atoms with van der Waals surface area (Å²) in [5, 5.41) is 15.1.